The molecule has 0 atom stereocenters. The van der Waals surface area contributed by atoms with Gasteiger partial charge in [0.05, 0.1) is 41.5 Å². The van der Waals surface area contributed by atoms with Gasteiger partial charge < -0.3 is 26.4 Å². The molecule has 0 spiro atoms. The summed E-state index contributed by atoms with van der Waals surface area (Å²) in [6.45, 7) is 1.66. The monoisotopic (exact) mass is 753 g/mol. The van der Waals surface area contributed by atoms with E-state index in [0.717, 1.165) is 12.1 Å². The van der Waals surface area contributed by atoms with E-state index in [1.807, 2.05) is 0 Å². The first-order chi connectivity index (χ1) is 23.7. The van der Waals surface area contributed by atoms with Gasteiger partial charge in [-0.15, -0.1) is 24.8 Å². The predicted octanol–water partition coefficient (Wildman–Crippen LogP) is 4.51. The van der Waals surface area contributed by atoms with Gasteiger partial charge in [-0.2, -0.15) is 36.2 Å². The summed E-state index contributed by atoms with van der Waals surface area (Å²) in [7, 11) is -9.76. The molecule has 2 heterocycles. The molecular formula is C25H24FN11O10S3. The third-order valence-corrected chi connectivity index (χ3v) is 8.97. The highest BCUT2D eigenvalue weighted by Gasteiger charge is 2.23. The van der Waals surface area contributed by atoms with E-state index in [1.54, 1.807) is 4.90 Å². The molecule has 8 N–H and O–H groups in total. The number of morpholine rings is 1. The lowest BCUT2D eigenvalue weighted by Crippen LogP contribution is -2.37. The molecule has 25 heteroatoms. The molecule has 21 nitrogen and oxygen atoms in total. The Morgan fingerprint density at radius 2 is 1.54 bits per heavy atom. The Balaban J connectivity index is 1.54. The van der Waals surface area contributed by atoms with E-state index in [0.29, 0.717) is 38.3 Å². The molecule has 1 aromatic heterocycles. The quantitative estimate of drug-likeness (QED) is 0.0289. The van der Waals surface area contributed by atoms with Crippen LogP contribution in [0.25, 0.3) is 0 Å². The summed E-state index contributed by atoms with van der Waals surface area (Å²) in [6, 6.07) is 9.93. The smallest absolute Gasteiger partial charge is 0.315 e. The number of nitrogens with zero attached hydrogens (tertiary/aromatic N) is 8. The van der Waals surface area contributed by atoms with Crippen molar-refractivity contribution in [2.24, 2.45) is 20.5 Å². The Bertz CT molecular complexity index is 2190. The van der Waals surface area contributed by atoms with Crippen LogP contribution in [0.2, 0.25) is 0 Å². The molecule has 3 aromatic carbocycles. The fraction of sp³-hybridized carbons (Fsp3) is 0.160. The van der Waals surface area contributed by atoms with Crippen LogP contribution in [-0.4, -0.2) is 72.5 Å². The van der Waals surface area contributed by atoms with E-state index in [1.165, 1.54) is 36.4 Å². The van der Waals surface area contributed by atoms with E-state index in [9.17, 15) is 30.3 Å². The number of nitrogens with two attached hydrogens (primary N) is 2. The minimum absolute atomic E-state index is 0.0544. The van der Waals surface area contributed by atoms with Gasteiger partial charge in [0.15, 0.2) is 0 Å². The van der Waals surface area contributed by atoms with Crippen LogP contribution in [0, 0.1) is 6.08 Å². The van der Waals surface area contributed by atoms with Crippen molar-refractivity contribution < 1.29 is 49.7 Å². The van der Waals surface area contributed by atoms with Gasteiger partial charge in [-0.3, -0.25) is 9.11 Å². The molecule has 1 aliphatic heterocycles. The molecule has 0 radical (unpaired) electrons. The minimum atomic E-state index is -5.03. The zero-order chi connectivity index (χ0) is 36.1. The predicted molar refractivity (Wildman–Crippen MR) is 173 cm³/mol. The highest BCUT2D eigenvalue weighted by atomic mass is 32.2. The maximum Gasteiger partial charge on any atom is 0.315 e. The lowest BCUT2D eigenvalue weighted by atomic mass is 10.2. The molecule has 1 saturated heterocycles. The van der Waals surface area contributed by atoms with Gasteiger partial charge in [0.2, 0.25) is 11.9 Å². The number of nitrogen functional groups attached to an aromatic ring is 2. The van der Waals surface area contributed by atoms with Crippen LogP contribution >= 0.6 is 12.0 Å². The number of nitrogens with one attached hydrogen (secondary N) is 1. The van der Waals surface area contributed by atoms with Crippen molar-refractivity contribution in [3.8, 4) is 0 Å². The van der Waals surface area contributed by atoms with Crippen LogP contribution in [0.4, 0.5) is 56.1 Å². The van der Waals surface area contributed by atoms with Gasteiger partial charge in [-0.1, -0.05) is 17.2 Å². The van der Waals surface area contributed by atoms with E-state index in [4.69, 9.17) is 21.5 Å². The molecule has 1 fully saturated rings. The number of anilines is 5. The van der Waals surface area contributed by atoms with Crippen LogP contribution in [0.3, 0.4) is 0 Å². The molecule has 0 amide bonds. The fourth-order valence-electron chi connectivity index (χ4n) is 4.26. The van der Waals surface area contributed by atoms with Crippen molar-refractivity contribution in [1.29, 1.82) is 0 Å². The Morgan fingerprint density at radius 3 is 2.24 bits per heavy atom. The second-order valence-corrected chi connectivity index (χ2v) is 13.3. The second-order valence-electron chi connectivity index (χ2n) is 9.75. The minimum Gasteiger partial charge on any atom is -0.396 e. The molecule has 264 valence electrons. The topological polar surface area (TPSA) is 312 Å². The number of rotatable bonds is 12. The zero-order valence-corrected chi connectivity index (χ0v) is 27.4. The molecule has 0 bridgehead atoms. The summed E-state index contributed by atoms with van der Waals surface area (Å²) in [6.07, 6.45) is -1.05. The van der Waals surface area contributed by atoms with E-state index < -0.39 is 58.9 Å². The van der Waals surface area contributed by atoms with Crippen molar-refractivity contribution in [1.82, 2.24) is 15.0 Å². The fourth-order valence-corrected chi connectivity index (χ4v) is 5.93. The lowest BCUT2D eigenvalue weighted by molar-refractivity contribution is -0.432. The average molecular weight is 754 g/mol. The van der Waals surface area contributed by atoms with Crippen molar-refractivity contribution in [3.05, 3.63) is 54.6 Å². The Hall–Kier alpha value is -4.99. The van der Waals surface area contributed by atoms with E-state index in [-0.39, 0.29) is 33.9 Å². The van der Waals surface area contributed by atoms with Gasteiger partial charge in [0.25, 0.3) is 20.2 Å². The van der Waals surface area contributed by atoms with Gasteiger partial charge in [0, 0.05) is 18.8 Å². The van der Waals surface area contributed by atoms with Gasteiger partial charge in [-0.25, -0.2) is 5.26 Å². The number of halogens is 1. The van der Waals surface area contributed by atoms with E-state index >= 15 is 0 Å². The van der Waals surface area contributed by atoms with Crippen LogP contribution in [0.5, 0.6) is 0 Å². The summed E-state index contributed by atoms with van der Waals surface area (Å²) >= 11 is 0.474. The van der Waals surface area contributed by atoms with Gasteiger partial charge >= 0.3 is 6.08 Å². The maximum absolute atomic E-state index is 14.3. The number of azo groups is 2. The van der Waals surface area contributed by atoms with Gasteiger partial charge in [-0.05, 0) is 36.4 Å². The number of benzene rings is 3. The molecule has 1 aliphatic rings. The van der Waals surface area contributed by atoms with Crippen molar-refractivity contribution in [2.45, 2.75) is 14.7 Å². The summed E-state index contributed by atoms with van der Waals surface area (Å²) in [5.74, 6) is -0.0971. The third-order valence-electron chi connectivity index (χ3n) is 6.52. The van der Waals surface area contributed by atoms with Crippen LogP contribution in [0.1, 0.15) is 0 Å². The Morgan fingerprint density at radius 1 is 0.860 bits per heavy atom. The first-order valence-electron chi connectivity index (χ1n) is 13.6. The first kappa shape index (κ1) is 36.3. The lowest BCUT2D eigenvalue weighted by Gasteiger charge is -2.26. The average Bonchev–Trinajstić information content (AvgIpc) is 3.06. The molecule has 0 aliphatic carbocycles. The Kier molecular flexibility index (Phi) is 11.1. The molecule has 0 saturated carbocycles. The first-order valence-corrected chi connectivity index (χ1v) is 17.3. The van der Waals surface area contributed by atoms with Crippen LogP contribution < -0.4 is 21.7 Å². The summed E-state index contributed by atoms with van der Waals surface area (Å²) in [5, 5.41) is 30.7. The molecule has 50 heavy (non-hydrogen) atoms. The second kappa shape index (κ2) is 15.3. The number of hydrogen-bond donors (Lipinski definition) is 6. The standard InChI is InChI=1S/C25H24FN11O10S3/c26-23-30-24(32-25(31-23)37-7-9-45-10-8-37)29-13-5-6-17(48-47-46-38)15(11-13)34-36-22-20(27)16(12-19(21(22)28)50(42,43)44)35-33-14-3-1-2-4-18(14)49(39,40)41/h1-6,11-12,38H,7-10,27-28H2,(H,39,40,41)(H,42,43,44)(H,29,30,31,32). The van der Waals surface area contributed by atoms with Crippen molar-refractivity contribution >= 4 is 84.0 Å². The highest BCUT2D eigenvalue weighted by Crippen LogP contribution is 2.44. The normalized spacial score (nSPS) is 14.1. The number of aromatic nitrogens is 3. The summed E-state index contributed by atoms with van der Waals surface area (Å²) in [5.41, 5.74) is 10.0. The Labute approximate surface area is 285 Å². The molecule has 5 rings (SSSR count). The summed E-state index contributed by atoms with van der Waals surface area (Å²) in [4.78, 5) is 12.0. The SMILES string of the molecule is Nc1c(N=Nc2ccccc2S(=O)(=O)O)cc(S(=O)(=O)O)c(N)c1N=Nc1cc(Nc2nc(F)nc(N3CCOCC3)n2)ccc1SOOO. The molecular weight excluding hydrogens is 730 g/mol. The van der Waals surface area contributed by atoms with Crippen LogP contribution in [-0.2, 0) is 34.3 Å². The number of ether oxygens (including phenoxy) is 1. The largest absolute Gasteiger partial charge is 0.396 e. The van der Waals surface area contributed by atoms with Crippen LogP contribution in [0.15, 0.2) is 83.7 Å². The molecule has 4 aromatic rings. The molecule has 0 unspecified atom stereocenters. The van der Waals surface area contributed by atoms with Crippen molar-refractivity contribution in [3.63, 3.8) is 0 Å². The number of hydrogen-bond acceptors (Lipinski definition) is 20. The zero-order valence-electron chi connectivity index (χ0n) is 25.0. The van der Waals surface area contributed by atoms with Gasteiger partial charge in [0.1, 0.15) is 32.5 Å². The third kappa shape index (κ3) is 8.77. The summed E-state index contributed by atoms with van der Waals surface area (Å²) < 4.78 is 91.4. The van der Waals surface area contributed by atoms with E-state index in [2.05, 4.69) is 50.1 Å². The maximum atomic E-state index is 14.3. The highest BCUT2D eigenvalue weighted by molar-refractivity contribution is 7.94. The van der Waals surface area contributed by atoms with Crippen molar-refractivity contribution in [2.75, 3.05) is 48.0 Å².